The second kappa shape index (κ2) is 6.49. The fourth-order valence-electron chi connectivity index (χ4n) is 2.72. The van der Waals surface area contributed by atoms with Crippen LogP contribution in [-0.2, 0) is 0 Å². The van der Waals surface area contributed by atoms with Crippen LogP contribution in [0.15, 0.2) is 18.2 Å². The first-order valence-electron chi connectivity index (χ1n) is 7.72. The smallest absolute Gasteiger partial charge is 0.128 e. The number of nitrogens with one attached hydrogen (secondary N) is 1. The van der Waals surface area contributed by atoms with Crippen molar-refractivity contribution in [2.75, 3.05) is 13.7 Å². The Hall–Kier alpha value is -1.22. The third kappa shape index (κ3) is 3.26. The van der Waals surface area contributed by atoms with E-state index in [0.717, 1.165) is 30.9 Å². The van der Waals surface area contributed by atoms with Crippen molar-refractivity contribution in [3.8, 4) is 11.5 Å². The third-order valence-corrected chi connectivity index (χ3v) is 4.26. The van der Waals surface area contributed by atoms with Crippen molar-refractivity contribution in [1.29, 1.82) is 0 Å². The lowest BCUT2D eigenvalue weighted by molar-refractivity contribution is 0.0440. The van der Waals surface area contributed by atoms with E-state index in [0.29, 0.717) is 6.04 Å². The normalized spacial score (nSPS) is 24.9. The molecule has 3 heteroatoms. The largest absolute Gasteiger partial charge is 0.497 e. The van der Waals surface area contributed by atoms with Crippen LogP contribution in [0.4, 0.5) is 0 Å². The van der Waals surface area contributed by atoms with E-state index in [9.17, 15) is 0 Å². The maximum absolute atomic E-state index is 6.23. The number of hydrogen-bond acceptors (Lipinski definition) is 3. The van der Waals surface area contributed by atoms with Gasteiger partial charge >= 0.3 is 0 Å². The van der Waals surface area contributed by atoms with Gasteiger partial charge in [-0.3, -0.25) is 0 Å². The highest BCUT2D eigenvalue weighted by atomic mass is 16.5. The lowest BCUT2D eigenvalue weighted by Gasteiger charge is -2.40. The average Bonchev–Trinajstić information content (AvgIpc) is 2.46. The molecule has 0 spiro atoms. The molecule has 2 rings (SSSR count). The zero-order valence-electron chi connectivity index (χ0n) is 13.2. The quantitative estimate of drug-likeness (QED) is 0.795. The summed E-state index contributed by atoms with van der Waals surface area (Å²) >= 11 is 0. The van der Waals surface area contributed by atoms with Gasteiger partial charge in [0.05, 0.1) is 7.11 Å². The van der Waals surface area contributed by atoms with Crippen LogP contribution < -0.4 is 14.8 Å². The fraction of sp³-hybridized carbons (Fsp3) is 0.647. The summed E-state index contributed by atoms with van der Waals surface area (Å²) in [7, 11) is 1.69. The Morgan fingerprint density at radius 2 is 2.20 bits per heavy atom. The van der Waals surface area contributed by atoms with Gasteiger partial charge in [0.1, 0.15) is 17.1 Å². The maximum atomic E-state index is 6.23. The van der Waals surface area contributed by atoms with Crippen molar-refractivity contribution < 1.29 is 9.47 Å². The van der Waals surface area contributed by atoms with Crippen LogP contribution >= 0.6 is 0 Å². The predicted octanol–water partition coefficient (Wildman–Crippen LogP) is 4.08. The van der Waals surface area contributed by atoms with E-state index in [1.807, 2.05) is 12.1 Å². The summed E-state index contributed by atoms with van der Waals surface area (Å²) in [6.45, 7) is 7.67. The first kappa shape index (κ1) is 15.2. The molecule has 0 fully saturated rings. The SMILES string of the molecule is CCCCNC1CC(C)(CC)Oc2cc(OC)ccc21. The molecule has 1 aromatic rings. The average molecular weight is 277 g/mol. The van der Waals surface area contributed by atoms with E-state index >= 15 is 0 Å². The van der Waals surface area contributed by atoms with E-state index in [-0.39, 0.29) is 5.60 Å². The Kier molecular flexibility index (Phi) is 4.92. The van der Waals surface area contributed by atoms with Crippen molar-refractivity contribution >= 4 is 0 Å². The summed E-state index contributed by atoms with van der Waals surface area (Å²) in [5.41, 5.74) is 1.16. The summed E-state index contributed by atoms with van der Waals surface area (Å²) in [6, 6.07) is 6.54. The Balaban J connectivity index is 2.24. The minimum atomic E-state index is -0.0940. The molecule has 1 aliphatic heterocycles. The molecule has 1 aromatic carbocycles. The van der Waals surface area contributed by atoms with Gasteiger partial charge in [-0.1, -0.05) is 26.3 Å². The molecule has 20 heavy (non-hydrogen) atoms. The van der Waals surface area contributed by atoms with E-state index in [1.165, 1.54) is 18.4 Å². The van der Waals surface area contributed by atoms with Crippen LogP contribution in [0.25, 0.3) is 0 Å². The molecule has 0 saturated carbocycles. The van der Waals surface area contributed by atoms with Gasteiger partial charge < -0.3 is 14.8 Å². The first-order valence-corrected chi connectivity index (χ1v) is 7.72. The zero-order chi connectivity index (χ0) is 14.6. The monoisotopic (exact) mass is 277 g/mol. The summed E-state index contributed by atoms with van der Waals surface area (Å²) in [4.78, 5) is 0. The van der Waals surface area contributed by atoms with Gasteiger partial charge in [0, 0.05) is 24.1 Å². The second-order valence-corrected chi connectivity index (χ2v) is 5.87. The maximum Gasteiger partial charge on any atom is 0.128 e. The number of rotatable bonds is 6. The van der Waals surface area contributed by atoms with Gasteiger partial charge in [-0.05, 0) is 32.4 Å². The van der Waals surface area contributed by atoms with Gasteiger partial charge in [-0.2, -0.15) is 0 Å². The number of hydrogen-bond donors (Lipinski definition) is 1. The molecule has 1 heterocycles. The van der Waals surface area contributed by atoms with E-state index in [1.54, 1.807) is 7.11 Å². The Bertz CT molecular complexity index is 447. The minimum absolute atomic E-state index is 0.0940. The van der Waals surface area contributed by atoms with Crippen molar-refractivity contribution in [3.63, 3.8) is 0 Å². The van der Waals surface area contributed by atoms with Crippen LogP contribution in [-0.4, -0.2) is 19.3 Å². The highest BCUT2D eigenvalue weighted by Crippen LogP contribution is 2.42. The molecule has 0 saturated heterocycles. The molecule has 3 nitrogen and oxygen atoms in total. The van der Waals surface area contributed by atoms with Gasteiger partial charge in [0.15, 0.2) is 0 Å². The molecule has 1 N–H and O–H groups in total. The summed E-state index contributed by atoms with van der Waals surface area (Å²) in [5.74, 6) is 1.82. The molecule has 0 bridgehead atoms. The molecule has 0 aliphatic carbocycles. The number of methoxy groups -OCH3 is 1. The van der Waals surface area contributed by atoms with Crippen molar-refractivity contribution in [2.45, 2.75) is 58.1 Å². The van der Waals surface area contributed by atoms with E-state index in [2.05, 4.69) is 32.2 Å². The van der Waals surface area contributed by atoms with Crippen molar-refractivity contribution in [3.05, 3.63) is 23.8 Å². The molecule has 0 amide bonds. The van der Waals surface area contributed by atoms with Crippen molar-refractivity contribution in [2.24, 2.45) is 0 Å². The predicted molar refractivity (Wildman–Crippen MR) is 82.6 cm³/mol. The highest BCUT2D eigenvalue weighted by Gasteiger charge is 2.35. The van der Waals surface area contributed by atoms with Gasteiger partial charge in [0.2, 0.25) is 0 Å². The topological polar surface area (TPSA) is 30.5 Å². The van der Waals surface area contributed by atoms with Crippen LogP contribution in [0.3, 0.4) is 0 Å². The van der Waals surface area contributed by atoms with Crippen LogP contribution in [0, 0.1) is 0 Å². The lowest BCUT2D eigenvalue weighted by atomic mass is 9.86. The van der Waals surface area contributed by atoms with Crippen LogP contribution in [0.5, 0.6) is 11.5 Å². The Morgan fingerprint density at radius 1 is 1.40 bits per heavy atom. The van der Waals surface area contributed by atoms with Gasteiger partial charge in [-0.25, -0.2) is 0 Å². The third-order valence-electron chi connectivity index (χ3n) is 4.26. The molecule has 2 atom stereocenters. The Morgan fingerprint density at radius 3 is 2.85 bits per heavy atom. The van der Waals surface area contributed by atoms with Crippen LogP contribution in [0.2, 0.25) is 0 Å². The van der Waals surface area contributed by atoms with Gasteiger partial charge in [-0.15, -0.1) is 0 Å². The molecule has 2 unspecified atom stereocenters. The van der Waals surface area contributed by atoms with E-state index in [4.69, 9.17) is 9.47 Å². The van der Waals surface area contributed by atoms with E-state index < -0.39 is 0 Å². The molecule has 0 aromatic heterocycles. The lowest BCUT2D eigenvalue weighted by Crippen LogP contribution is -2.41. The number of benzene rings is 1. The summed E-state index contributed by atoms with van der Waals surface area (Å²) in [6.07, 6.45) is 4.46. The summed E-state index contributed by atoms with van der Waals surface area (Å²) < 4.78 is 11.5. The minimum Gasteiger partial charge on any atom is -0.497 e. The molecule has 112 valence electrons. The molecule has 1 aliphatic rings. The highest BCUT2D eigenvalue weighted by molar-refractivity contribution is 5.44. The molecular formula is C17H27NO2. The standard InChI is InChI=1S/C17H27NO2/c1-5-7-10-18-15-12-17(3,6-2)20-16-11-13(19-4)8-9-14(15)16/h8-9,11,15,18H,5-7,10,12H2,1-4H3. The zero-order valence-corrected chi connectivity index (χ0v) is 13.2. The molecular weight excluding hydrogens is 250 g/mol. The fourth-order valence-corrected chi connectivity index (χ4v) is 2.72. The van der Waals surface area contributed by atoms with Gasteiger partial charge in [0.25, 0.3) is 0 Å². The molecule has 0 radical (unpaired) electrons. The van der Waals surface area contributed by atoms with Crippen molar-refractivity contribution in [1.82, 2.24) is 5.32 Å². The first-order chi connectivity index (χ1) is 9.61. The number of unbranched alkanes of at least 4 members (excludes halogenated alkanes) is 1. The van der Waals surface area contributed by atoms with Crippen LogP contribution in [0.1, 0.15) is 58.1 Å². The second-order valence-electron chi connectivity index (χ2n) is 5.87. The summed E-state index contributed by atoms with van der Waals surface area (Å²) in [5, 5.41) is 3.68. The number of fused-ring (bicyclic) bond motifs is 1. The Labute approximate surface area is 122 Å². The number of ether oxygens (including phenoxy) is 2.